The zero-order chi connectivity index (χ0) is 14.5. The molecule has 108 valence electrons. The topological polar surface area (TPSA) is 98.7 Å². The van der Waals surface area contributed by atoms with Crippen LogP contribution in [-0.4, -0.2) is 54.1 Å². The third-order valence-corrected chi connectivity index (χ3v) is 3.47. The van der Waals surface area contributed by atoms with E-state index in [9.17, 15) is 19.5 Å². The summed E-state index contributed by atoms with van der Waals surface area (Å²) >= 11 is 0. The minimum absolute atomic E-state index is 0.0992. The molecular weight excluding hydrogens is 250 g/mol. The Morgan fingerprint density at radius 1 is 1.21 bits per heavy atom. The van der Waals surface area contributed by atoms with Crippen molar-refractivity contribution in [3.63, 3.8) is 0 Å². The van der Waals surface area contributed by atoms with Gasteiger partial charge in [-0.3, -0.25) is 4.79 Å². The number of aliphatic carboxylic acids is 1. The maximum absolute atomic E-state index is 11.9. The molecule has 3 amide bonds. The normalized spacial score (nSPS) is 17.4. The average Bonchev–Trinajstić information content (AvgIpc) is 2.39. The summed E-state index contributed by atoms with van der Waals surface area (Å²) in [6.45, 7) is -0.0992. The summed E-state index contributed by atoms with van der Waals surface area (Å²) in [7, 11) is 2.94. The van der Waals surface area contributed by atoms with Gasteiger partial charge in [-0.1, -0.05) is 19.3 Å². The number of carbonyl (C=O) groups is 3. The number of carboxylic acid groups (broad SMARTS) is 1. The quantitative estimate of drug-likeness (QED) is 0.678. The van der Waals surface area contributed by atoms with Crippen LogP contribution in [0, 0.1) is 0 Å². The van der Waals surface area contributed by atoms with Crippen LogP contribution in [0.4, 0.5) is 4.79 Å². The van der Waals surface area contributed by atoms with E-state index in [1.165, 1.54) is 19.0 Å². The summed E-state index contributed by atoms with van der Waals surface area (Å²) in [4.78, 5) is 35.7. The van der Waals surface area contributed by atoms with Crippen LogP contribution >= 0.6 is 0 Å². The number of rotatable bonds is 4. The molecule has 1 aliphatic carbocycles. The average molecular weight is 271 g/mol. The molecule has 1 rings (SSSR count). The zero-order valence-corrected chi connectivity index (χ0v) is 11.4. The van der Waals surface area contributed by atoms with Gasteiger partial charge in [0.05, 0.1) is 0 Å². The molecule has 7 nitrogen and oxygen atoms in total. The monoisotopic (exact) mass is 271 g/mol. The van der Waals surface area contributed by atoms with E-state index in [4.69, 9.17) is 0 Å². The maximum atomic E-state index is 11.9. The number of amides is 3. The fourth-order valence-electron chi connectivity index (χ4n) is 2.21. The van der Waals surface area contributed by atoms with E-state index in [-0.39, 0.29) is 12.5 Å². The van der Waals surface area contributed by atoms with Crippen molar-refractivity contribution in [3.05, 3.63) is 0 Å². The standard InChI is InChI=1S/C12H21N3O4/c1-13-9(16)8-15(2)11(19)14-12(10(17)18)6-4-3-5-7-12/h3-8H2,1-2H3,(H,13,16)(H,14,19)(H,17,18). The number of likely N-dealkylation sites (N-methyl/N-ethyl adjacent to an activating group) is 2. The van der Waals surface area contributed by atoms with Gasteiger partial charge in [0.2, 0.25) is 5.91 Å². The van der Waals surface area contributed by atoms with Gasteiger partial charge in [0.15, 0.2) is 0 Å². The molecule has 0 saturated heterocycles. The zero-order valence-electron chi connectivity index (χ0n) is 11.4. The molecule has 1 saturated carbocycles. The van der Waals surface area contributed by atoms with Gasteiger partial charge in [0.25, 0.3) is 0 Å². The molecule has 1 fully saturated rings. The van der Waals surface area contributed by atoms with Crippen molar-refractivity contribution >= 4 is 17.9 Å². The minimum atomic E-state index is -1.19. The van der Waals surface area contributed by atoms with E-state index >= 15 is 0 Å². The maximum Gasteiger partial charge on any atom is 0.329 e. The fourth-order valence-corrected chi connectivity index (χ4v) is 2.21. The molecular formula is C12H21N3O4. The van der Waals surface area contributed by atoms with Crippen molar-refractivity contribution < 1.29 is 19.5 Å². The van der Waals surface area contributed by atoms with Crippen molar-refractivity contribution in [2.75, 3.05) is 20.6 Å². The minimum Gasteiger partial charge on any atom is -0.480 e. The van der Waals surface area contributed by atoms with Crippen LogP contribution in [0.1, 0.15) is 32.1 Å². The van der Waals surface area contributed by atoms with Gasteiger partial charge in [0, 0.05) is 14.1 Å². The lowest BCUT2D eigenvalue weighted by Crippen LogP contribution is -2.58. The first-order valence-corrected chi connectivity index (χ1v) is 6.38. The molecule has 7 heteroatoms. The molecule has 0 unspecified atom stereocenters. The Bertz CT molecular complexity index is 364. The fraction of sp³-hybridized carbons (Fsp3) is 0.750. The molecule has 0 heterocycles. The first-order valence-electron chi connectivity index (χ1n) is 6.38. The molecule has 0 radical (unpaired) electrons. The van der Waals surface area contributed by atoms with Crippen molar-refractivity contribution in [2.24, 2.45) is 0 Å². The predicted molar refractivity (Wildman–Crippen MR) is 68.7 cm³/mol. The van der Waals surface area contributed by atoms with E-state index in [1.54, 1.807) is 0 Å². The third kappa shape index (κ3) is 3.84. The van der Waals surface area contributed by atoms with Gasteiger partial charge < -0.3 is 20.6 Å². The highest BCUT2D eigenvalue weighted by atomic mass is 16.4. The Morgan fingerprint density at radius 3 is 2.26 bits per heavy atom. The van der Waals surface area contributed by atoms with E-state index in [0.29, 0.717) is 12.8 Å². The van der Waals surface area contributed by atoms with E-state index in [2.05, 4.69) is 10.6 Å². The highest BCUT2D eigenvalue weighted by molar-refractivity contribution is 5.88. The summed E-state index contributed by atoms with van der Waals surface area (Å²) in [6.07, 6.45) is 3.42. The molecule has 19 heavy (non-hydrogen) atoms. The summed E-state index contributed by atoms with van der Waals surface area (Å²) in [5.74, 6) is -1.31. The van der Waals surface area contributed by atoms with E-state index in [1.807, 2.05) is 0 Å². The SMILES string of the molecule is CNC(=O)CN(C)C(=O)NC1(C(=O)O)CCCCC1. The van der Waals surface area contributed by atoms with Gasteiger partial charge in [-0.2, -0.15) is 0 Å². The van der Waals surface area contributed by atoms with Crippen LogP contribution in [0.5, 0.6) is 0 Å². The Labute approximate surface area is 112 Å². The molecule has 0 aromatic heterocycles. The number of urea groups is 1. The van der Waals surface area contributed by atoms with Gasteiger partial charge in [0.1, 0.15) is 12.1 Å². The van der Waals surface area contributed by atoms with Crippen molar-refractivity contribution in [2.45, 2.75) is 37.6 Å². The smallest absolute Gasteiger partial charge is 0.329 e. The summed E-state index contributed by atoms with van der Waals surface area (Å²) in [5, 5.41) is 14.3. The molecule has 0 bridgehead atoms. The molecule has 0 aliphatic heterocycles. The van der Waals surface area contributed by atoms with Gasteiger partial charge in [-0.25, -0.2) is 9.59 Å². The highest BCUT2D eigenvalue weighted by Crippen LogP contribution is 2.28. The number of hydrogen-bond acceptors (Lipinski definition) is 3. The second-order valence-electron chi connectivity index (χ2n) is 4.91. The predicted octanol–water partition coefficient (Wildman–Crippen LogP) is 0.161. The third-order valence-electron chi connectivity index (χ3n) is 3.47. The molecule has 1 aliphatic rings. The number of carboxylic acids is 1. The summed E-state index contributed by atoms with van der Waals surface area (Å²) in [6, 6.07) is -0.534. The lowest BCUT2D eigenvalue weighted by Gasteiger charge is -2.35. The summed E-state index contributed by atoms with van der Waals surface area (Å²) < 4.78 is 0. The Morgan fingerprint density at radius 2 is 1.79 bits per heavy atom. The van der Waals surface area contributed by atoms with Crippen molar-refractivity contribution in [1.29, 1.82) is 0 Å². The van der Waals surface area contributed by atoms with Crippen molar-refractivity contribution in [3.8, 4) is 0 Å². The van der Waals surface area contributed by atoms with Crippen LogP contribution in [0.3, 0.4) is 0 Å². The van der Waals surface area contributed by atoms with Gasteiger partial charge in [-0.15, -0.1) is 0 Å². The van der Waals surface area contributed by atoms with Crippen LogP contribution < -0.4 is 10.6 Å². The van der Waals surface area contributed by atoms with Crippen LogP contribution in [0.25, 0.3) is 0 Å². The van der Waals surface area contributed by atoms with E-state index in [0.717, 1.165) is 19.3 Å². The Balaban J connectivity index is 2.66. The molecule has 0 aromatic carbocycles. The van der Waals surface area contributed by atoms with Gasteiger partial charge in [-0.05, 0) is 12.8 Å². The van der Waals surface area contributed by atoms with Gasteiger partial charge >= 0.3 is 12.0 Å². The first kappa shape index (κ1) is 15.3. The van der Waals surface area contributed by atoms with Crippen LogP contribution in [-0.2, 0) is 9.59 Å². The molecule has 3 N–H and O–H groups in total. The Hall–Kier alpha value is -1.79. The lowest BCUT2D eigenvalue weighted by molar-refractivity contribution is -0.145. The largest absolute Gasteiger partial charge is 0.480 e. The second kappa shape index (κ2) is 6.40. The first-order chi connectivity index (χ1) is 8.91. The number of nitrogens with one attached hydrogen (secondary N) is 2. The molecule has 0 aromatic rings. The number of nitrogens with zero attached hydrogens (tertiary/aromatic N) is 1. The van der Waals surface area contributed by atoms with E-state index < -0.39 is 17.5 Å². The van der Waals surface area contributed by atoms with Crippen molar-refractivity contribution in [1.82, 2.24) is 15.5 Å². The molecule has 0 atom stereocenters. The number of carbonyl (C=O) groups excluding carboxylic acids is 2. The lowest BCUT2D eigenvalue weighted by atomic mass is 9.82. The second-order valence-corrected chi connectivity index (χ2v) is 4.91. The Kier molecular flexibility index (Phi) is 5.14. The van der Waals surface area contributed by atoms with Crippen LogP contribution in [0.2, 0.25) is 0 Å². The molecule has 0 spiro atoms. The highest BCUT2D eigenvalue weighted by Gasteiger charge is 2.41. The number of hydrogen-bond donors (Lipinski definition) is 3. The summed E-state index contributed by atoms with van der Waals surface area (Å²) in [5.41, 5.74) is -1.19. The van der Waals surface area contributed by atoms with Crippen LogP contribution in [0.15, 0.2) is 0 Å².